The fourth-order valence-corrected chi connectivity index (χ4v) is 7.75. The van der Waals surface area contributed by atoms with Crippen LogP contribution < -0.4 is 4.74 Å². The third-order valence-electron chi connectivity index (χ3n) is 7.86. The summed E-state index contributed by atoms with van der Waals surface area (Å²) in [6.07, 6.45) is 2.45. The second-order valence-electron chi connectivity index (χ2n) is 12.3. The van der Waals surface area contributed by atoms with E-state index in [0.717, 1.165) is 55.5 Å². The van der Waals surface area contributed by atoms with Crippen molar-refractivity contribution in [2.75, 3.05) is 7.05 Å². The molecule has 0 atom stereocenters. The molecular formula is C31H32Br2ClNO3. The third kappa shape index (κ3) is 5.04. The van der Waals surface area contributed by atoms with Crippen LogP contribution in [-0.4, -0.2) is 23.5 Å². The molecule has 38 heavy (non-hydrogen) atoms. The quantitative estimate of drug-likeness (QED) is 0.329. The van der Waals surface area contributed by atoms with Gasteiger partial charge in [0.25, 0.3) is 0 Å². The molecule has 0 fully saturated rings. The number of ether oxygens (including phenoxy) is 1. The Morgan fingerprint density at radius 1 is 0.921 bits per heavy atom. The van der Waals surface area contributed by atoms with Crippen molar-refractivity contribution in [3.8, 4) is 5.75 Å². The number of carbonyl (C=O) groups is 2. The predicted octanol–water partition coefficient (Wildman–Crippen LogP) is 8.76. The van der Waals surface area contributed by atoms with Crippen molar-refractivity contribution in [3.05, 3.63) is 84.0 Å². The summed E-state index contributed by atoms with van der Waals surface area (Å²) in [6, 6.07) is 11.5. The van der Waals surface area contributed by atoms with Crippen LogP contribution in [0.4, 0.5) is 0 Å². The van der Waals surface area contributed by atoms with Crippen molar-refractivity contribution in [3.63, 3.8) is 0 Å². The molecule has 200 valence electrons. The number of carbonyl (C=O) groups excluding carboxylic acids is 2. The summed E-state index contributed by atoms with van der Waals surface area (Å²) in [5, 5.41) is 0.631. The number of ketones is 2. The van der Waals surface area contributed by atoms with Gasteiger partial charge in [-0.25, -0.2) is 0 Å². The lowest BCUT2D eigenvalue weighted by atomic mass is 9.63. The number of allylic oxidation sites excluding steroid dienone is 4. The molecule has 1 aliphatic heterocycles. The van der Waals surface area contributed by atoms with E-state index < -0.39 is 5.92 Å². The van der Waals surface area contributed by atoms with E-state index in [9.17, 15) is 9.59 Å². The highest BCUT2D eigenvalue weighted by Gasteiger charge is 2.49. The Labute approximate surface area is 246 Å². The normalized spacial score (nSPS) is 21.0. The van der Waals surface area contributed by atoms with Gasteiger partial charge in [0.2, 0.25) is 0 Å². The van der Waals surface area contributed by atoms with E-state index in [4.69, 9.17) is 16.3 Å². The zero-order valence-corrected chi connectivity index (χ0v) is 26.3. The fraction of sp³-hybridized carbons (Fsp3) is 0.419. The number of hydrogen-bond acceptors (Lipinski definition) is 4. The Kier molecular flexibility index (Phi) is 7.24. The molecule has 0 radical (unpaired) electrons. The van der Waals surface area contributed by atoms with Crippen LogP contribution >= 0.6 is 43.5 Å². The smallest absolute Gasteiger partial charge is 0.162 e. The molecule has 2 aliphatic carbocycles. The standard InChI is InChI=1S/C31H32Br2ClNO3/c1-30(2)12-22-27(24(36)14-30)26(28-23(35(22)5)13-31(3,4)15-25(28)37)19-10-18(32)11-20(33)29(19)38-16-17-8-6-7-9-21(17)34/h6-11,26H,12-16H2,1-5H3. The first-order valence-electron chi connectivity index (χ1n) is 12.9. The molecule has 2 aromatic rings. The number of nitrogens with zero attached hydrogens (tertiary/aromatic N) is 1. The van der Waals surface area contributed by atoms with Gasteiger partial charge in [-0.1, -0.05) is 73.4 Å². The number of benzene rings is 2. The minimum atomic E-state index is -0.488. The first-order chi connectivity index (χ1) is 17.8. The molecule has 3 aliphatic rings. The molecule has 0 N–H and O–H groups in total. The fourth-order valence-electron chi connectivity index (χ4n) is 6.19. The molecule has 0 amide bonds. The van der Waals surface area contributed by atoms with Crippen LogP contribution in [0, 0.1) is 10.8 Å². The first-order valence-corrected chi connectivity index (χ1v) is 14.9. The average Bonchev–Trinajstić information content (AvgIpc) is 2.79. The van der Waals surface area contributed by atoms with E-state index in [1.807, 2.05) is 43.4 Å². The van der Waals surface area contributed by atoms with E-state index in [1.54, 1.807) is 0 Å². The predicted molar refractivity (Wildman–Crippen MR) is 158 cm³/mol. The van der Waals surface area contributed by atoms with Gasteiger partial charge < -0.3 is 9.64 Å². The lowest BCUT2D eigenvalue weighted by molar-refractivity contribution is -0.119. The van der Waals surface area contributed by atoms with Gasteiger partial charge in [0.15, 0.2) is 11.6 Å². The maximum Gasteiger partial charge on any atom is 0.162 e. The molecule has 0 aromatic heterocycles. The number of halogens is 3. The zero-order valence-electron chi connectivity index (χ0n) is 22.4. The second-order valence-corrected chi connectivity index (χ2v) is 14.5. The summed E-state index contributed by atoms with van der Waals surface area (Å²) >= 11 is 13.8. The summed E-state index contributed by atoms with van der Waals surface area (Å²) in [5.41, 5.74) is 4.88. The van der Waals surface area contributed by atoms with Crippen molar-refractivity contribution >= 4 is 55.0 Å². The van der Waals surface area contributed by atoms with Crippen molar-refractivity contribution in [2.45, 2.75) is 65.9 Å². The van der Waals surface area contributed by atoms with Crippen LogP contribution in [0.3, 0.4) is 0 Å². The highest BCUT2D eigenvalue weighted by molar-refractivity contribution is 9.11. The van der Waals surface area contributed by atoms with Crippen molar-refractivity contribution in [1.29, 1.82) is 0 Å². The lowest BCUT2D eigenvalue weighted by Crippen LogP contribution is -2.43. The van der Waals surface area contributed by atoms with Crippen LogP contribution in [0.25, 0.3) is 0 Å². The molecule has 0 spiro atoms. The molecule has 4 nitrogen and oxygen atoms in total. The minimum Gasteiger partial charge on any atom is -0.487 e. The van der Waals surface area contributed by atoms with Crippen molar-refractivity contribution in [1.82, 2.24) is 4.90 Å². The van der Waals surface area contributed by atoms with Gasteiger partial charge in [0.1, 0.15) is 12.4 Å². The first kappa shape index (κ1) is 27.7. The summed E-state index contributed by atoms with van der Waals surface area (Å²) < 4.78 is 8.05. The van der Waals surface area contributed by atoms with Gasteiger partial charge in [0.05, 0.1) is 4.47 Å². The molecule has 1 heterocycles. The summed E-state index contributed by atoms with van der Waals surface area (Å²) in [7, 11) is 2.02. The summed E-state index contributed by atoms with van der Waals surface area (Å²) in [4.78, 5) is 29.9. The molecular weight excluding hydrogens is 630 g/mol. The van der Waals surface area contributed by atoms with Gasteiger partial charge in [-0.15, -0.1) is 0 Å². The number of rotatable bonds is 4. The molecule has 0 saturated heterocycles. The average molecular weight is 662 g/mol. The summed E-state index contributed by atoms with van der Waals surface area (Å²) in [6.45, 7) is 8.84. The van der Waals surface area contributed by atoms with Crippen molar-refractivity contribution < 1.29 is 14.3 Å². The van der Waals surface area contributed by atoms with Crippen LogP contribution in [0.15, 0.2) is 67.9 Å². The van der Waals surface area contributed by atoms with Crippen LogP contribution in [0.5, 0.6) is 5.75 Å². The minimum absolute atomic E-state index is 0.102. The van der Waals surface area contributed by atoms with Gasteiger partial charge >= 0.3 is 0 Å². The van der Waals surface area contributed by atoms with E-state index in [1.165, 1.54) is 0 Å². The van der Waals surface area contributed by atoms with Crippen LogP contribution in [0.1, 0.15) is 70.4 Å². The number of Topliss-reactive ketones (excluding diaryl/α,β-unsaturated/α-hetero) is 2. The maximum atomic E-state index is 13.9. The maximum absolute atomic E-state index is 13.9. The third-order valence-corrected chi connectivity index (χ3v) is 9.27. The van der Waals surface area contributed by atoms with Crippen LogP contribution in [0.2, 0.25) is 5.02 Å². The molecule has 5 rings (SSSR count). The van der Waals surface area contributed by atoms with E-state index in [2.05, 4.69) is 64.5 Å². The monoisotopic (exact) mass is 659 g/mol. The lowest BCUT2D eigenvalue weighted by Gasteiger charge is -2.48. The Morgan fingerprint density at radius 2 is 1.47 bits per heavy atom. The second kappa shape index (κ2) is 9.94. The Balaban J connectivity index is 1.72. The Hall–Kier alpha value is -1.89. The van der Waals surface area contributed by atoms with E-state index in [0.29, 0.717) is 23.6 Å². The topological polar surface area (TPSA) is 46.6 Å². The SMILES string of the molecule is CN1C2=C(C(=O)CC(C)(C)C2)C(c2cc(Br)cc(Br)c2OCc2ccccc2Cl)C2=C1CC(C)(C)CC2=O. The van der Waals surface area contributed by atoms with E-state index in [-0.39, 0.29) is 29.0 Å². The molecule has 7 heteroatoms. The molecule has 0 bridgehead atoms. The Morgan fingerprint density at radius 3 is 2.03 bits per heavy atom. The highest BCUT2D eigenvalue weighted by atomic mass is 79.9. The highest BCUT2D eigenvalue weighted by Crippen LogP contribution is 2.56. The van der Waals surface area contributed by atoms with Gasteiger partial charge in [0, 0.05) is 69.0 Å². The van der Waals surface area contributed by atoms with Gasteiger partial charge in [-0.05, 0) is 57.8 Å². The van der Waals surface area contributed by atoms with Crippen LogP contribution in [-0.2, 0) is 16.2 Å². The zero-order chi connectivity index (χ0) is 27.6. The van der Waals surface area contributed by atoms with Gasteiger partial charge in [-0.3, -0.25) is 9.59 Å². The van der Waals surface area contributed by atoms with Gasteiger partial charge in [-0.2, -0.15) is 0 Å². The molecule has 2 aromatic carbocycles. The molecule has 0 saturated carbocycles. The van der Waals surface area contributed by atoms with Crippen molar-refractivity contribution in [2.24, 2.45) is 10.8 Å². The Bertz CT molecular complexity index is 1370. The molecule has 0 unspecified atom stereocenters. The number of hydrogen-bond donors (Lipinski definition) is 0. The van der Waals surface area contributed by atoms with E-state index >= 15 is 0 Å². The largest absolute Gasteiger partial charge is 0.487 e. The summed E-state index contributed by atoms with van der Waals surface area (Å²) in [5.74, 6) is 0.339.